The number of nitrogens with zero attached hydrogens (tertiary/aromatic N) is 1. The van der Waals surface area contributed by atoms with Crippen LogP contribution in [0.4, 0.5) is 4.79 Å². The number of methoxy groups -OCH3 is 2. The molecule has 0 spiro atoms. The average Bonchev–Trinajstić information content (AvgIpc) is 3.10. The van der Waals surface area contributed by atoms with Gasteiger partial charge >= 0.3 is 6.03 Å². The van der Waals surface area contributed by atoms with Crippen LogP contribution in [-0.2, 0) is 38.6 Å². The van der Waals surface area contributed by atoms with Crippen LogP contribution in [0.1, 0.15) is 64.7 Å². The Morgan fingerprint density at radius 1 is 0.808 bits per heavy atom. The minimum absolute atomic E-state index is 0.0505. The van der Waals surface area contributed by atoms with E-state index in [2.05, 4.69) is 16.0 Å². The van der Waals surface area contributed by atoms with Crippen molar-refractivity contribution in [3.05, 3.63) is 89.5 Å². The molecule has 0 heterocycles. The van der Waals surface area contributed by atoms with Gasteiger partial charge in [-0.2, -0.15) is 0 Å². The first kappa shape index (κ1) is 41.6. The van der Waals surface area contributed by atoms with E-state index in [-0.39, 0.29) is 37.4 Å². The summed E-state index contributed by atoms with van der Waals surface area (Å²) in [6, 6.07) is 20.6. The van der Waals surface area contributed by atoms with Gasteiger partial charge in [0.1, 0.15) is 17.4 Å². The summed E-state index contributed by atoms with van der Waals surface area (Å²) in [7, 11) is 3.10. The van der Waals surface area contributed by atoms with E-state index in [0.29, 0.717) is 42.6 Å². The molecular formula is C40H56N4O8. The van der Waals surface area contributed by atoms with Gasteiger partial charge in [-0.3, -0.25) is 9.59 Å². The first-order chi connectivity index (χ1) is 24.8. The molecule has 284 valence electrons. The van der Waals surface area contributed by atoms with E-state index in [1.165, 1.54) is 0 Å². The number of benzene rings is 3. The Hall–Kier alpha value is -4.81. The van der Waals surface area contributed by atoms with Crippen LogP contribution in [0.25, 0.3) is 0 Å². The lowest BCUT2D eigenvalue weighted by atomic mass is 10.0. The van der Waals surface area contributed by atoms with E-state index < -0.39 is 30.3 Å². The number of urea groups is 1. The largest absolute Gasteiger partial charge is 0.493 e. The third-order valence-corrected chi connectivity index (χ3v) is 7.82. The Bertz CT molecular complexity index is 1540. The van der Waals surface area contributed by atoms with Crippen LogP contribution in [0.15, 0.2) is 72.8 Å². The molecule has 3 rings (SSSR count). The number of rotatable bonds is 20. The molecule has 0 aromatic heterocycles. The molecule has 2 atom stereocenters. The highest BCUT2D eigenvalue weighted by molar-refractivity contribution is 5.88. The zero-order valence-corrected chi connectivity index (χ0v) is 31.8. The quantitative estimate of drug-likeness (QED) is 0.128. The van der Waals surface area contributed by atoms with Gasteiger partial charge in [0.15, 0.2) is 17.8 Å². The number of carbonyl (C=O) groups excluding carboxylic acids is 3. The van der Waals surface area contributed by atoms with Crippen molar-refractivity contribution in [3.8, 4) is 17.2 Å². The van der Waals surface area contributed by atoms with Crippen molar-refractivity contribution >= 4 is 17.8 Å². The first-order valence-electron chi connectivity index (χ1n) is 17.7. The Kier molecular flexibility index (Phi) is 16.7. The number of nitrogens with one attached hydrogen (secondary N) is 3. The average molecular weight is 721 g/mol. The lowest BCUT2D eigenvalue weighted by Crippen LogP contribution is -2.52. The van der Waals surface area contributed by atoms with Gasteiger partial charge in [-0.25, -0.2) is 4.79 Å². The minimum Gasteiger partial charge on any atom is -0.493 e. The van der Waals surface area contributed by atoms with Crippen molar-refractivity contribution in [2.75, 3.05) is 34.0 Å². The summed E-state index contributed by atoms with van der Waals surface area (Å²) in [6.45, 7) is 12.7. The van der Waals surface area contributed by atoms with Gasteiger partial charge in [0, 0.05) is 50.8 Å². The van der Waals surface area contributed by atoms with E-state index in [0.717, 1.165) is 11.1 Å². The molecule has 0 aliphatic carbocycles. The fraction of sp³-hybridized carbons (Fsp3) is 0.475. The number of para-hydroxylation sites is 1. The molecule has 0 bridgehead atoms. The van der Waals surface area contributed by atoms with Crippen LogP contribution in [0.2, 0.25) is 0 Å². The first-order valence-corrected chi connectivity index (χ1v) is 17.7. The molecular weight excluding hydrogens is 664 g/mol. The molecule has 3 N–H and O–H groups in total. The summed E-state index contributed by atoms with van der Waals surface area (Å²) >= 11 is 0. The Morgan fingerprint density at radius 3 is 2.08 bits per heavy atom. The van der Waals surface area contributed by atoms with Crippen molar-refractivity contribution in [2.45, 2.75) is 91.4 Å². The van der Waals surface area contributed by atoms with Gasteiger partial charge < -0.3 is 44.5 Å². The van der Waals surface area contributed by atoms with Crippen molar-refractivity contribution < 1.29 is 38.1 Å². The molecule has 0 saturated heterocycles. The Balaban J connectivity index is 1.88. The number of ether oxygens (including phenoxy) is 5. The maximum absolute atomic E-state index is 14.6. The third-order valence-electron chi connectivity index (χ3n) is 7.82. The number of hydrogen-bond acceptors (Lipinski definition) is 8. The minimum atomic E-state index is -0.971. The molecule has 0 saturated carbocycles. The highest BCUT2D eigenvalue weighted by Crippen LogP contribution is 2.32. The Morgan fingerprint density at radius 2 is 1.48 bits per heavy atom. The van der Waals surface area contributed by atoms with Crippen LogP contribution in [0.3, 0.4) is 0 Å². The molecule has 4 amide bonds. The lowest BCUT2D eigenvalue weighted by Gasteiger charge is -2.32. The zero-order valence-electron chi connectivity index (χ0n) is 31.8. The van der Waals surface area contributed by atoms with Crippen LogP contribution in [0.5, 0.6) is 17.2 Å². The number of hydrogen-bond donors (Lipinski definition) is 3. The van der Waals surface area contributed by atoms with Gasteiger partial charge in [-0.15, -0.1) is 0 Å². The fourth-order valence-corrected chi connectivity index (χ4v) is 5.56. The maximum atomic E-state index is 14.6. The number of amides is 4. The van der Waals surface area contributed by atoms with Gasteiger partial charge in [-0.1, -0.05) is 54.6 Å². The molecule has 0 aliphatic rings. The number of carbonyl (C=O) groups is 3. The Labute approximate surface area is 308 Å². The fourth-order valence-electron chi connectivity index (χ4n) is 5.56. The SMILES string of the molecule is CCOC(CN(Cc1cccc(OC)c1OC)C(=O)[C@H](Cc1ccc(OC(C)(C)C)cc1)NC(=O)C[C@@H](C)NC(=O)NCc1ccccc1)OCC. The van der Waals surface area contributed by atoms with Crippen molar-refractivity contribution in [3.63, 3.8) is 0 Å². The third kappa shape index (κ3) is 14.1. The van der Waals surface area contributed by atoms with Crippen LogP contribution in [-0.4, -0.2) is 80.7 Å². The van der Waals surface area contributed by atoms with Crippen molar-refractivity contribution in [2.24, 2.45) is 0 Å². The molecule has 52 heavy (non-hydrogen) atoms. The predicted octanol–water partition coefficient (Wildman–Crippen LogP) is 5.61. The normalized spacial score (nSPS) is 12.4. The maximum Gasteiger partial charge on any atom is 0.315 e. The van der Waals surface area contributed by atoms with E-state index in [1.807, 2.05) is 101 Å². The predicted molar refractivity (Wildman–Crippen MR) is 200 cm³/mol. The molecule has 0 fully saturated rings. The van der Waals surface area contributed by atoms with Crippen LogP contribution < -0.4 is 30.2 Å². The monoisotopic (exact) mass is 720 g/mol. The second kappa shape index (κ2) is 20.9. The molecule has 3 aromatic rings. The lowest BCUT2D eigenvalue weighted by molar-refractivity contribution is -0.161. The van der Waals surface area contributed by atoms with Crippen molar-refractivity contribution in [1.82, 2.24) is 20.9 Å². The molecule has 0 aliphatic heterocycles. The van der Waals surface area contributed by atoms with Crippen LogP contribution >= 0.6 is 0 Å². The van der Waals surface area contributed by atoms with E-state index in [4.69, 9.17) is 23.7 Å². The molecule has 0 radical (unpaired) electrons. The van der Waals surface area contributed by atoms with Gasteiger partial charge in [0.25, 0.3) is 0 Å². The smallest absolute Gasteiger partial charge is 0.315 e. The second-order valence-electron chi connectivity index (χ2n) is 13.3. The molecule has 12 heteroatoms. The van der Waals surface area contributed by atoms with Crippen LogP contribution in [0, 0.1) is 0 Å². The van der Waals surface area contributed by atoms with Gasteiger partial charge in [0.05, 0.1) is 20.8 Å². The summed E-state index contributed by atoms with van der Waals surface area (Å²) in [5.41, 5.74) is 2.09. The van der Waals surface area contributed by atoms with Gasteiger partial charge in [0.2, 0.25) is 11.8 Å². The highest BCUT2D eigenvalue weighted by atomic mass is 16.7. The summed E-state index contributed by atoms with van der Waals surface area (Å²) < 4.78 is 28.9. The standard InChI is InChI=1S/C40H56N4O8/c1-9-50-36(51-10-2)27-44(26-31-17-14-18-34(48-7)37(31)49-8)38(46)33(24-29-19-21-32(22-20-29)52-40(4,5)6)43-35(45)23-28(3)42-39(47)41-25-30-15-12-11-13-16-30/h11-22,28,33,36H,9-10,23-27H2,1-8H3,(H,43,45)(H2,41,42,47)/t28-,33+/m1/s1. The zero-order chi connectivity index (χ0) is 38.1. The van der Waals surface area contributed by atoms with E-state index in [9.17, 15) is 14.4 Å². The summed E-state index contributed by atoms with van der Waals surface area (Å²) in [6.07, 6.45) is -0.566. The summed E-state index contributed by atoms with van der Waals surface area (Å²) in [5.74, 6) is 0.963. The van der Waals surface area contributed by atoms with E-state index >= 15 is 0 Å². The second-order valence-corrected chi connectivity index (χ2v) is 13.3. The summed E-state index contributed by atoms with van der Waals surface area (Å²) in [4.78, 5) is 42.4. The molecule has 12 nitrogen and oxygen atoms in total. The van der Waals surface area contributed by atoms with Gasteiger partial charge in [-0.05, 0) is 70.9 Å². The molecule has 3 aromatic carbocycles. The molecule has 0 unspecified atom stereocenters. The van der Waals surface area contributed by atoms with E-state index in [1.54, 1.807) is 32.1 Å². The highest BCUT2D eigenvalue weighted by Gasteiger charge is 2.30. The topological polar surface area (TPSA) is 137 Å². The summed E-state index contributed by atoms with van der Waals surface area (Å²) in [5, 5.41) is 8.59. The van der Waals surface area contributed by atoms with Crippen molar-refractivity contribution in [1.29, 1.82) is 0 Å².